The molecule has 1 aliphatic heterocycles. The summed E-state index contributed by atoms with van der Waals surface area (Å²) in [5.41, 5.74) is 0.878. The predicted octanol–water partition coefficient (Wildman–Crippen LogP) is 3.84. The summed E-state index contributed by atoms with van der Waals surface area (Å²) in [6, 6.07) is 8.26. The van der Waals surface area contributed by atoms with Gasteiger partial charge in [-0.15, -0.1) is 0 Å². The van der Waals surface area contributed by atoms with Crippen LogP contribution < -0.4 is 0 Å². The normalized spacial score (nSPS) is 28.2. The zero-order valence-electron chi connectivity index (χ0n) is 9.92. The lowest BCUT2D eigenvalue weighted by Gasteiger charge is -2.28. The van der Waals surface area contributed by atoms with Gasteiger partial charge in [0.05, 0.1) is 6.61 Å². The van der Waals surface area contributed by atoms with Crippen molar-refractivity contribution in [3.63, 3.8) is 0 Å². The van der Waals surface area contributed by atoms with E-state index in [1.807, 2.05) is 26.0 Å². The number of benzene rings is 1. The van der Waals surface area contributed by atoms with Gasteiger partial charge in [-0.25, -0.2) is 0 Å². The van der Waals surface area contributed by atoms with E-state index in [1.165, 1.54) is 5.56 Å². The third-order valence-corrected chi connectivity index (χ3v) is 3.51. The molecule has 0 bridgehead atoms. The molecule has 0 aliphatic carbocycles. The fourth-order valence-electron chi connectivity index (χ4n) is 2.11. The predicted molar refractivity (Wildman–Crippen MR) is 67.2 cm³/mol. The SMILES string of the molecule is CCC1(c2cccc(Br)c2)COC(C)(C)O1. The average Bonchev–Trinajstić information content (AvgIpc) is 2.56. The Morgan fingerprint density at radius 1 is 1.38 bits per heavy atom. The molecule has 1 fully saturated rings. The Balaban J connectivity index is 2.36. The van der Waals surface area contributed by atoms with Crippen LogP contribution in [0.1, 0.15) is 32.8 Å². The van der Waals surface area contributed by atoms with Crippen molar-refractivity contribution in [2.45, 2.75) is 38.6 Å². The first-order valence-electron chi connectivity index (χ1n) is 5.58. The molecule has 88 valence electrons. The summed E-state index contributed by atoms with van der Waals surface area (Å²) in [7, 11) is 0. The van der Waals surface area contributed by atoms with Crippen molar-refractivity contribution in [3.05, 3.63) is 34.3 Å². The monoisotopic (exact) mass is 284 g/mol. The fraction of sp³-hybridized carbons (Fsp3) is 0.538. The Hall–Kier alpha value is -0.380. The van der Waals surface area contributed by atoms with Crippen molar-refractivity contribution in [3.8, 4) is 0 Å². The largest absolute Gasteiger partial charge is 0.347 e. The van der Waals surface area contributed by atoms with E-state index in [1.54, 1.807) is 0 Å². The summed E-state index contributed by atoms with van der Waals surface area (Å²) in [6.45, 7) is 6.67. The number of hydrogen-bond donors (Lipinski definition) is 0. The molecule has 2 rings (SSSR count). The molecule has 0 aromatic heterocycles. The zero-order valence-corrected chi connectivity index (χ0v) is 11.5. The Labute approximate surface area is 105 Å². The Kier molecular flexibility index (Phi) is 3.12. The molecule has 0 spiro atoms. The number of ether oxygens (including phenoxy) is 2. The number of halogens is 1. The highest BCUT2D eigenvalue weighted by molar-refractivity contribution is 9.10. The lowest BCUT2D eigenvalue weighted by atomic mass is 9.92. The van der Waals surface area contributed by atoms with E-state index in [4.69, 9.17) is 9.47 Å². The third kappa shape index (κ3) is 2.17. The lowest BCUT2D eigenvalue weighted by molar-refractivity contribution is -0.164. The van der Waals surface area contributed by atoms with Gasteiger partial charge in [0, 0.05) is 4.47 Å². The maximum absolute atomic E-state index is 6.08. The van der Waals surface area contributed by atoms with Crippen LogP contribution in [0, 0.1) is 0 Å². The third-order valence-electron chi connectivity index (χ3n) is 3.02. The highest BCUT2D eigenvalue weighted by Gasteiger charge is 2.45. The van der Waals surface area contributed by atoms with Crippen LogP contribution in [0.5, 0.6) is 0 Å². The summed E-state index contributed by atoms with van der Waals surface area (Å²) in [5, 5.41) is 0. The van der Waals surface area contributed by atoms with E-state index < -0.39 is 5.79 Å². The summed E-state index contributed by atoms with van der Waals surface area (Å²) in [6.07, 6.45) is 0.910. The molecular formula is C13H17BrO2. The molecule has 16 heavy (non-hydrogen) atoms. The topological polar surface area (TPSA) is 18.5 Å². The molecule has 1 aromatic carbocycles. The van der Waals surface area contributed by atoms with Gasteiger partial charge in [-0.2, -0.15) is 0 Å². The number of hydrogen-bond acceptors (Lipinski definition) is 2. The van der Waals surface area contributed by atoms with Crippen LogP contribution in [0.2, 0.25) is 0 Å². The van der Waals surface area contributed by atoms with Gasteiger partial charge in [0.15, 0.2) is 5.79 Å². The standard InChI is InChI=1S/C13H17BrO2/c1-4-13(9-15-12(2,3)16-13)10-6-5-7-11(14)8-10/h5-8H,4,9H2,1-3H3. The first-order valence-corrected chi connectivity index (χ1v) is 6.37. The van der Waals surface area contributed by atoms with Gasteiger partial charge in [-0.3, -0.25) is 0 Å². The van der Waals surface area contributed by atoms with Crippen LogP contribution >= 0.6 is 15.9 Å². The average molecular weight is 285 g/mol. The molecule has 1 unspecified atom stereocenters. The maximum Gasteiger partial charge on any atom is 0.164 e. The Morgan fingerprint density at radius 2 is 2.12 bits per heavy atom. The van der Waals surface area contributed by atoms with Crippen molar-refractivity contribution in [2.75, 3.05) is 6.61 Å². The van der Waals surface area contributed by atoms with Crippen molar-refractivity contribution in [2.24, 2.45) is 0 Å². The molecule has 1 saturated heterocycles. The Morgan fingerprint density at radius 3 is 2.62 bits per heavy atom. The first kappa shape index (κ1) is 12.1. The van der Waals surface area contributed by atoms with Crippen molar-refractivity contribution < 1.29 is 9.47 Å². The van der Waals surface area contributed by atoms with Gasteiger partial charge < -0.3 is 9.47 Å². The van der Waals surface area contributed by atoms with Crippen molar-refractivity contribution in [1.82, 2.24) is 0 Å². The van der Waals surface area contributed by atoms with Crippen molar-refractivity contribution in [1.29, 1.82) is 0 Å². The molecule has 2 nitrogen and oxygen atoms in total. The second-order valence-corrected chi connectivity index (χ2v) is 5.56. The second-order valence-electron chi connectivity index (χ2n) is 4.65. The van der Waals surface area contributed by atoms with Crippen LogP contribution in [0.4, 0.5) is 0 Å². The lowest BCUT2D eigenvalue weighted by Crippen LogP contribution is -2.31. The molecule has 1 heterocycles. The minimum atomic E-state index is -0.488. The van der Waals surface area contributed by atoms with Gasteiger partial charge in [0.2, 0.25) is 0 Å². The molecule has 0 N–H and O–H groups in total. The van der Waals surface area contributed by atoms with Gasteiger partial charge >= 0.3 is 0 Å². The highest BCUT2D eigenvalue weighted by Crippen LogP contribution is 2.41. The van der Waals surface area contributed by atoms with E-state index in [2.05, 4.69) is 35.0 Å². The molecule has 0 radical (unpaired) electrons. The molecule has 0 amide bonds. The van der Waals surface area contributed by atoms with Gasteiger partial charge in [0.25, 0.3) is 0 Å². The zero-order chi connectivity index (χ0) is 11.8. The smallest absolute Gasteiger partial charge is 0.164 e. The van der Waals surface area contributed by atoms with Crippen LogP contribution in [0.25, 0.3) is 0 Å². The minimum Gasteiger partial charge on any atom is -0.347 e. The summed E-state index contributed by atoms with van der Waals surface area (Å²) < 4.78 is 12.9. The quantitative estimate of drug-likeness (QED) is 0.822. The van der Waals surface area contributed by atoms with E-state index in [0.29, 0.717) is 6.61 Å². The van der Waals surface area contributed by atoms with Crippen molar-refractivity contribution >= 4 is 15.9 Å². The molecule has 1 aliphatic rings. The maximum atomic E-state index is 6.08. The molecule has 1 aromatic rings. The summed E-state index contributed by atoms with van der Waals surface area (Å²) in [4.78, 5) is 0. The highest BCUT2D eigenvalue weighted by atomic mass is 79.9. The van der Waals surface area contributed by atoms with Gasteiger partial charge in [-0.05, 0) is 38.0 Å². The van der Waals surface area contributed by atoms with E-state index in [0.717, 1.165) is 10.9 Å². The van der Waals surface area contributed by atoms with Crippen LogP contribution in [0.3, 0.4) is 0 Å². The van der Waals surface area contributed by atoms with Crippen LogP contribution in [-0.2, 0) is 15.1 Å². The van der Waals surface area contributed by atoms with E-state index >= 15 is 0 Å². The van der Waals surface area contributed by atoms with Gasteiger partial charge in [0.1, 0.15) is 5.60 Å². The summed E-state index contributed by atoms with van der Waals surface area (Å²) >= 11 is 3.49. The van der Waals surface area contributed by atoms with Gasteiger partial charge in [-0.1, -0.05) is 35.0 Å². The Bertz CT molecular complexity index is 389. The molecule has 1 atom stereocenters. The second kappa shape index (κ2) is 4.13. The van der Waals surface area contributed by atoms with Crippen LogP contribution in [-0.4, -0.2) is 12.4 Å². The molecule has 3 heteroatoms. The fourth-order valence-corrected chi connectivity index (χ4v) is 2.51. The molecule has 0 saturated carbocycles. The first-order chi connectivity index (χ1) is 7.47. The minimum absolute atomic E-state index is 0.298. The summed E-state index contributed by atoms with van der Waals surface area (Å²) in [5.74, 6) is -0.488. The number of rotatable bonds is 2. The van der Waals surface area contributed by atoms with E-state index in [9.17, 15) is 0 Å². The van der Waals surface area contributed by atoms with E-state index in [-0.39, 0.29) is 5.60 Å². The van der Waals surface area contributed by atoms with Crippen LogP contribution in [0.15, 0.2) is 28.7 Å². The molecular weight excluding hydrogens is 268 g/mol.